The van der Waals surface area contributed by atoms with Crippen molar-refractivity contribution >= 4 is 0 Å². The van der Waals surface area contributed by atoms with Gasteiger partial charge >= 0.3 is 0 Å². The number of nitrogens with zero attached hydrogens (tertiary/aromatic N) is 4. The fourth-order valence-corrected chi connectivity index (χ4v) is 2.00. The Morgan fingerprint density at radius 2 is 2.16 bits per heavy atom. The molecule has 0 aliphatic carbocycles. The van der Waals surface area contributed by atoms with Crippen LogP contribution in [0.2, 0.25) is 0 Å². The molecule has 2 heterocycles. The number of hydrogen-bond acceptors (Lipinski definition) is 3. The summed E-state index contributed by atoms with van der Waals surface area (Å²) in [6.07, 6.45) is 8.94. The molecule has 0 saturated heterocycles. The minimum Gasteiger partial charge on any atom is -0.333 e. The largest absolute Gasteiger partial charge is 0.333 e. The van der Waals surface area contributed by atoms with Gasteiger partial charge in [-0.3, -0.25) is 0 Å². The van der Waals surface area contributed by atoms with Gasteiger partial charge in [0.15, 0.2) is 0 Å². The van der Waals surface area contributed by atoms with E-state index in [1.807, 2.05) is 18.9 Å². The number of hydrogen-bond donors (Lipinski definition) is 1. The summed E-state index contributed by atoms with van der Waals surface area (Å²) in [5.74, 6) is 0. The second-order valence-corrected chi connectivity index (χ2v) is 5.15. The van der Waals surface area contributed by atoms with Crippen molar-refractivity contribution in [3.63, 3.8) is 0 Å². The maximum atomic E-state index is 4.42. The molecule has 1 N–H and O–H groups in total. The molecule has 0 aromatic carbocycles. The fraction of sp³-hybridized carbons (Fsp3) is 0.571. The lowest BCUT2D eigenvalue weighted by Gasteiger charge is -2.07. The highest BCUT2D eigenvalue weighted by Crippen LogP contribution is 2.05. The van der Waals surface area contributed by atoms with Crippen molar-refractivity contribution in [2.24, 2.45) is 0 Å². The van der Waals surface area contributed by atoms with Crippen LogP contribution in [0.1, 0.15) is 38.6 Å². The minimum absolute atomic E-state index is 0.483. The number of aromatic nitrogens is 4. The predicted octanol–water partition coefficient (Wildman–Crippen LogP) is 2.04. The molecule has 2 aromatic heterocycles. The summed E-state index contributed by atoms with van der Waals surface area (Å²) in [5.41, 5.74) is 2.30. The predicted molar refractivity (Wildman–Crippen MR) is 75.8 cm³/mol. The maximum absolute atomic E-state index is 4.42. The van der Waals surface area contributed by atoms with Gasteiger partial charge in [0, 0.05) is 31.5 Å². The molecule has 0 aliphatic heterocycles. The molecular formula is C14H23N5. The summed E-state index contributed by atoms with van der Waals surface area (Å²) in [7, 11) is 0. The lowest BCUT2D eigenvalue weighted by Crippen LogP contribution is -2.21. The van der Waals surface area contributed by atoms with Gasteiger partial charge in [-0.2, -0.15) is 0 Å². The molecule has 0 fully saturated rings. The zero-order valence-corrected chi connectivity index (χ0v) is 12.0. The molecule has 2 aromatic rings. The third-order valence-corrected chi connectivity index (χ3v) is 2.99. The molecule has 104 valence electrons. The Morgan fingerprint density at radius 1 is 1.32 bits per heavy atom. The van der Waals surface area contributed by atoms with E-state index in [2.05, 4.69) is 51.4 Å². The third kappa shape index (κ3) is 3.92. The monoisotopic (exact) mass is 261 g/mol. The van der Waals surface area contributed by atoms with Crippen molar-refractivity contribution in [2.45, 2.75) is 52.9 Å². The summed E-state index contributed by atoms with van der Waals surface area (Å²) < 4.78 is 4.31. The summed E-state index contributed by atoms with van der Waals surface area (Å²) in [4.78, 5) is 8.64. The molecule has 0 saturated carbocycles. The Morgan fingerprint density at radius 3 is 2.89 bits per heavy atom. The van der Waals surface area contributed by atoms with Crippen LogP contribution in [0.25, 0.3) is 0 Å². The van der Waals surface area contributed by atoms with Crippen LogP contribution in [0.5, 0.6) is 0 Å². The smallest absolute Gasteiger partial charge is 0.0953 e. The number of rotatable bonds is 7. The van der Waals surface area contributed by atoms with E-state index in [0.29, 0.717) is 6.04 Å². The van der Waals surface area contributed by atoms with Crippen LogP contribution < -0.4 is 5.32 Å². The van der Waals surface area contributed by atoms with Gasteiger partial charge in [0.05, 0.1) is 30.6 Å². The van der Waals surface area contributed by atoms with E-state index in [-0.39, 0.29) is 0 Å². The molecule has 2 rings (SSSR count). The van der Waals surface area contributed by atoms with Crippen LogP contribution in [-0.4, -0.2) is 25.1 Å². The van der Waals surface area contributed by atoms with E-state index >= 15 is 0 Å². The van der Waals surface area contributed by atoms with E-state index in [4.69, 9.17) is 0 Å². The highest BCUT2D eigenvalue weighted by atomic mass is 15.1. The first-order valence-electron chi connectivity index (χ1n) is 6.92. The van der Waals surface area contributed by atoms with E-state index in [1.165, 1.54) is 5.69 Å². The van der Waals surface area contributed by atoms with Gasteiger partial charge in [0.1, 0.15) is 0 Å². The van der Waals surface area contributed by atoms with Gasteiger partial charge in [-0.05, 0) is 6.42 Å². The average Bonchev–Trinajstić information content (AvgIpc) is 2.98. The molecule has 5 nitrogen and oxygen atoms in total. The Kier molecular flexibility index (Phi) is 4.74. The van der Waals surface area contributed by atoms with Crippen molar-refractivity contribution in [1.29, 1.82) is 0 Å². The highest BCUT2D eigenvalue weighted by molar-refractivity contribution is 5.03. The normalized spacial score (nSPS) is 11.4. The van der Waals surface area contributed by atoms with Crippen LogP contribution in [0, 0.1) is 0 Å². The molecule has 0 atom stereocenters. The Labute approximate surface area is 114 Å². The van der Waals surface area contributed by atoms with Crippen molar-refractivity contribution in [3.05, 3.63) is 36.4 Å². The zero-order chi connectivity index (χ0) is 13.7. The highest BCUT2D eigenvalue weighted by Gasteiger charge is 2.04. The Balaban J connectivity index is 1.97. The average molecular weight is 261 g/mol. The topological polar surface area (TPSA) is 47.7 Å². The van der Waals surface area contributed by atoms with Gasteiger partial charge in [-0.25, -0.2) is 9.97 Å². The molecule has 19 heavy (non-hydrogen) atoms. The summed E-state index contributed by atoms with van der Waals surface area (Å²) in [5, 5.41) is 3.37. The van der Waals surface area contributed by atoms with Crippen molar-refractivity contribution < 1.29 is 0 Å². The lowest BCUT2D eigenvalue weighted by molar-refractivity contribution is 0.582. The Hall–Kier alpha value is -1.62. The number of nitrogens with one attached hydrogen (secondary N) is 1. The number of imidazole rings is 2. The van der Waals surface area contributed by atoms with Crippen LogP contribution in [-0.2, 0) is 19.6 Å². The molecule has 0 unspecified atom stereocenters. The van der Waals surface area contributed by atoms with E-state index in [0.717, 1.165) is 31.7 Å². The van der Waals surface area contributed by atoms with Crippen molar-refractivity contribution in [1.82, 2.24) is 24.4 Å². The van der Waals surface area contributed by atoms with Crippen molar-refractivity contribution in [3.8, 4) is 0 Å². The number of aryl methyl sites for hydroxylation is 1. The van der Waals surface area contributed by atoms with E-state index < -0.39 is 0 Å². The second-order valence-electron chi connectivity index (χ2n) is 5.15. The van der Waals surface area contributed by atoms with Gasteiger partial charge in [-0.1, -0.05) is 20.8 Å². The molecule has 5 heteroatoms. The van der Waals surface area contributed by atoms with Gasteiger partial charge < -0.3 is 14.5 Å². The first-order valence-corrected chi connectivity index (χ1v) is 6.92. The molecule has 0 spiro atoms. The van der Waals surface area contributed by atoms with E-state index in [9.17, 15) is 0 Å². The summed E-state index contributed by atoms with van der Waals surface area (Å²) >= 11 is 0. The van der Waals surface area contributed by atoms with Crippen molar-refractivity contribution in [2.75, 3.05) is 0 Å². The SMILES string of the molecule is CCCn1cncc1Cn1cnc(CNC(C)C)c1. The molecule has 0 radical (unpaired) electrons. The zero-order valence-electron chi connectivity index (χ0n) is 12.0. The van der Waals surface area contributed by atoms with Gasteiger partial charge in [-0.15, -0.1) is 0 Å². The maximum Gasteiger partial charge on any atom is 0.0953 e. The first kappa shape index (κ1) is 13.8. The second kappa shape index (κ2) is 6.52. The standard InChI is InChI=1S/C14H23N5/c1-4-5-19-10-15-7-14(19)9-18-8-13(17-11-18)6-16-12(2)3/h7-8,10-12,16H,4-6,9H2,1-3H3. The minimum atomic E-state index is 0.483. The van der Waals surface area contributed by atoms with Crippen LogP contribution in [0.15, 0.2) is 25.0 Å². The quantitative estimate of drug-likeness (QED) is 0.829. The van der Waals surface area contributed by atoms with Gasteiger partial charge in [0.25, 0.3) is 0 Å². The molecule has 0 amide bonds. The molecular weight excluding hydrogens is 238 g/mol. The summed E-state index contributed by atoms with van der Waals surface area (Å²) in [6.45, 7) is 9.12. The van der Waals surface area contributed by atoms with Gasteiger partial charge in [0.2, 0.25) is 0 Å². The van der Waals surface area contributed by atoms with E-state index in [1.54, 1.807) is 0 Å². The third-order valence-electron chi connectivity index (χ3n) is 2.99. The Bertz CT molecular complexity index is 497. The molecule has 0 bridgehead atoms. The molecule has 0 aliphatic rings. The van der Waals surface area contributed by atoms with Crippen LogP contribution in [0.4, 0.5) is 0 Å². The summed E-state index contributed by atoms with van der Waals surface area (Å²) in [6, 6.07) is 0.483. The first-order chi connectivity index (χ1) is 9.19. The van der Waals surface area contributed by atoms with Crippen LogP contribution >= 0.6 is 0 Å². The van der Waals surface area contributed by atoms with Crippen LogP contribution in [0.3, 0.4) is 0 Å². The fourth-order valence-electron chi connectivity index (χ4n) is 2.00. The lowest BCUT2D eigenvalue weighted by atomic mass is 10.3.